The van der Waals surface area contributed by atoms with Crippen LogP contribution in [-0.4, -0.2) is 50.2 Å². The van der Waals surface area contributed by atoms with Gasteiger partial charge in [0.15, 0.2) is 5.60 Å². The highest BCUT2D eigenvalue weighted by atomic mass is 16.3. The van der Waals surface area contributed by atoms with Crippen LogP contribution in [0.2, 0.25) is 0 Å². The summed E-state index contributed by atoms with van der Waals surface area (Å²) in [5, 5.41) is 16.2. The molecule has 1 fully saturated rings. The number of primary amides is 1. The van der Waals surface area contributed by atoms with Crippen molar-refractivity contribution in [2.45, 2.75) is 31.9 Å². The Kier molecular flexibility index (Phi) is 4.38. The lowest BCUT2D eigenvalue weighted by Crippen LogP contribution is -2.36. The molecule has 1 aliphatic rings. The summed E-state index contributed by atoms with van der Waals surface area (Å²) >= 11 is 0. The molecule has 29 heavy (non-hydrogen) atoms. The Morgan fingerprint density at radius 1 is 1.31 bits per heavy atom. The molecule has 150 valence electrons. The zero-order valence-corrected chi connectivity index (χ0v) is 16.6. The van der Waals surface area contributed by atoms with Crippen LogP contribution in [0, 0.1) is 0 Å². The van der Waals surface area contributed by atoms with E-state index < -0.39 is 11.5 Å². The fraction of sp³-hybridized carbons (Fsp3) is 0.333. The van der Waals surface area contributed by atoms with Crippen molar-refractivity contribution in [3.8, 4) is 11.3 Å². The molecule has 1 aliphatic heterocycles. The zero-order chi connectivity index (χ0) is 20.9. The van der Waals surface area contributed by atoms with Crippen molar-refractivity contribution in [1.29, 1.82) is 0 Å². The van der Waals surface area contributed by atoms with E-state index in [0.29, 0.717) is 29.8 Å². The highest BCUT2D eigenvalue weighted by molar-refractivity contribution is 6.00. The molecule has 0 radical (unpaired) electrons. The molecule has 3 heterocycles. The second kappa shape index (κ2) is 6.66. The number of hydrogen-bond acceptors (Lipinski definition) is 5. The second-order valence-electron chi connectivity index (χ2n) is 7.75. The van der Waals surface area contributed by atoms with E-state index in [4.69, 9.17) is 5.73 Å². The lowest BCUT2D eigenvalue weighted by atomic mass is 9.90. The van der Waals surface area contributed by atoms with Crippen molar-refractivity contribution in [2.75, 3.05) is 13.6 Å². The molecule has 8 heteroatoms. The molecule has 0 aliphatic carbocycles. The first-order chi connectivity index (χ1) is 13.7. The third-order valence-corrected chi connectivity index (χ3v) is 5.46. The van der Waals surface area contributed by atoms with Gasteiger partial charge < -0.3 is 15.7 Å². The van der Waals surface area contributed by atoms with Crippen LogP contribution in [-0.2, 0) is 10.4 Å². The van der Waals surface area contributed by atoms with Gasteiger partial charge in [0, 0.05) is 37.0 Å². The molecule has 2 amide bonds. The minimum absolute atomic E-state index is 0.0853. The largest absolute Gasteiger partial charge is 0.375 e. The number of carbonyl (C=O) groups excluding carboxylic acids is 2. The van der Waals surface area contributed by atoms with E-state index in [-0.39, 0.29) is 17.6 Å². The number of hydrogen-bond donors (Lipinski definition) is 2. The highest BCUT2D eigenvalue weighted by Crippen LogP contribution is 2.36. The standard InChI is InChI=1S/C21H23N5O3/c1-12(2)26-17-10-16(19(22)27)24-18(15(17)11-23-26)13-5-4-6-14(9-13)21(29)7-8-25(3)20(21)28/h4-6,9-12,29H,7-8H2,1-3H3,(H2,22,27). The van der Waals surface area contributed by atoms with Crippen molar-refractivity contribution in [2.24, 2.45) is 5.73 Å². The third kappa shape index (κ3) is 2.96. The SMILES string of the molecule is CC(C)n1ncc2c(-c3cccc(C4(O)CCN(C)C4=O)c3)nc(C(N)=O)cc21. The third-order valence-electron chi connectivity index (χ3n) is 5.46. The van der Waals surface area contributed by atoms with Crippen LogP contribution in [0.4, 0.5) is 0 Å². The summed E-state index contributed by atoms with van der Waals surface area (Å²) in [6, 6.07) is 8.80. The van der Waals surface area contributed by atoms with Crippen molar-refractivity contribution in [3.05, 3.63) is 47.8 Å². The van der Waals surface area contributed by atoms with Crippen LogP contribution in [0.3, 0.4) is 0 Å². The van der Waals surface area contributed by atoms with Crippen LogP contribution >= 0.6 is 0 Å². The van der Waals surface area contributed by atoms with Crippen LogP contribution < -0.4 is 5.73 Å². The fourth-order valence-corrected chi connectivity index (χ4v) is 3.84. The molecule has 1 aromatic carbocycles. The monoisotopic (exact) mass is 393 g/mol. The van der Waals surface area contributed by atoms with Gasteiger partial charge in [0.1, 0.15) is 5.69 Å². The summed E-state index contributed by atoms with van der Waals surface area (Å²) in [5.41, 5.74) is 6.54. The Labute approximate surface area is 167 Å². The number of benzene rings is 1. The number of aromatic nitrogens is 3. The van der Waals surface area contributed by atoms with Gasteiger partial charge in [-0.3, -0.25) is 14.3 Å². The first-order valence-electron chi connectivity index (χ1n) is 9.49. The molecule has 1 unspecified atom stereocenters. The molecule has 0 spiro atoms. The summed E-state index contributed by atoms with van der Waals surface area (Å²) in [5.74, 6) is -0.960. The predicted octanol–water partition coefficient (Wildman–Crippen LogP) is 1.83. The number of nitrogens with zero attached hydrogens (tertiary/aromatic N) is 4. The number of nitrogens with two attached hydrogens (primary N) is 1. The zero-order valence-electron chi connectivity index (χ0n) is 16.6. The summed E-state index contributed by atoms with van der Waals surface area (Å²) in [6.07, 6.45) is 2.03. The lowest BCUT2D eigenvalue weighted by molar-refractivity contribution is -0.143. The van der Waals surface area contributed by atoms with Crippen LogP contribution in [0.1, 0.15) is 42.4 Å². The summed E-state index contributed by atoms with van der Waals surface area (Å²) in [4.78, 5) is 30.4. The van der Waals surface area contributed by atoms with Gasteiger partial charge in [-0.05, 0) is 31.5 Å². The van der Waals surface area contributed by atoms with E-state index in [0.717, 1.165) is 10.9 Å². The summed E-state index contributed by atoms with van der Waals surface area (Å²) < 4.78 is 1.81. The van der Waals surface area contributed by atoms with Gasteiger partial charge in [-0.1, -0.05) is 18.2 Å². The molecule has 0 bridgehead atoms. The lowest BCUT2D eigenvalue weighted by Gasteiger charge is -2.22. The Morgan fingerprint density at radius 3 is 2.69 bits per heavy atom. The molecule has 3 N–H and O–H groups in total. The normalized spacial score (nSPS) is 19.5. The number of likely N-dealkylation sites (tertiary alicyclic amines) is 1. The van der Waals surface area contributed by atoms with Crippen molar-refractivity contribution >= 4 is 22.7 Å². The van der Waals surface area contributed by atoms with Gasteiger partial charge in [-0.15, -0.1) is 0 Å². The second-order valence-corrected chi connectivity index (χ2v) is 7.75. The fourth-order valence-electron chi connectivity index (χ4n) is 3.84. The number of amides is 2. The quantitative estimate of drug-likeness (QED) is 0.702. The van der Waals surface area contributed by atoms with E-state index in [1.165, 1.54) is 4.90 Å². The van der Waals surface area contributed by atoms with Crippen molar-refractivity contribution in [1.82, 2.24) is 19.7 Å². The van der Waals surface area contributed by atoms with E-state index in [2.05, 4.69) is 10.1 Å². The number of likely N-dealkylation sites (N-methyl/N-ethyl adjacent to an activating group) is 1. The number of pyridine rings is 1. The van der Waals surface area contributed by atoms with Gasteiger partial charge in [-0.25, -0.2) is 4.98 Å². The Morgan fingerprint density at radius 2 is 2.07 bits per heavy atom. The molecule has 1 atom stereocenters. The average molecular weight is 393 g/mol. The maximum atomic E-state index is 12.5. The van der Waals surface area contributed by atoms with E-state index in [1.807, 2.05) is 19.9 Å². The first kappa shape index (κ1) is 19.1. The number of aliphatic hydroxyl groups is 1. The molecule has 0 saturated carbocycles. The Balaban J connectivity index is 1.92. The topological polar surface area (TPSA) is 114 Å². The first-order valence-corrected chi connectivity index (χ1v) is 9.49. The van der Waals surface area contributed by atoms with Crippen LogP contribution in [0.15, 0.2) is 36.5 Å². The summed E-state index contributed by atoms with van der Waals surface area (Å²) in [6.45, 7) is 4.48. The molecular formula is C21H23N5O3. The van der Waals surface area contributed by atoms with Gasteiger partial charge >= 0.3 is 0 Å². The maximum absolute atomic E-state index is 12.5. The number of fused-ring (bicyclic) bond motifs is 1. The molecule has 2 aromatic heterocycles. The molecule has 3 aromatic rings. The predicted molar refractivity (Wildman–Crippen MR) is 108 cm³/mol. The van der Waals surface area contributed by atoms with Gasteiger partial charge in [0.25, 0.3) is 11.8 Å². The average Bonchev–Trinajstić information content (AvgIpc) is 3.25. The minimum Gasteiger partial charge on any atom is -0.375 e. The number of rotatable bonds is 4. The van der Waals surface area contributed by atoms with E-state index in [1.54, 1.807) is 42.2 Å². The van der Waals surface area contributed by atoms with Crippen LogP contribution in [0.5, 0.6) is 0 Å². The molecule has 4 rings (SSSR count). The summed E-state index contributed by atoms with van der Waals surface area (Å²) in [7, 11) is 1.67. The molecule has 8 nitrogen and oxygen atoms in total. The smallest absolute Gasteiger partial charge is 0.267 e. The Hall–Kier alpha value is -3.26. The van der Waals surface area contributed by atoms with Crippen molar-refractivity contribution in [3.63, 3.8) is 0 Å². The van der Waals surface area contributed by atoms with E-state index >= 15 is 0 Å². The minimum atomic E-state index is -1.56. The molecular weight excluding hydrogens is 370 g/mol. The van der Waals surface area contributed by atoms with Crippen LogP contribution in [0.25, 0.3) is 22.2 Å². The maximum Gasteiger partial charge on any atom is 0.267 e. The van der Waals surface area contributed by atoms with Gasteiger partial charge in [0.05, 0.1) is 17.4 Å². The highest BCUT2D eigenvalue weighted by Gasteiger charge is 2.45. The number of carbonyl (C=O) groups is 2. The van der Waals surface area contributed by atoms with Gasteiger partial charge in [0.2, 0.25) is 0 Å². The van der Waals surface area contributed by atoms with Crippen molar-refractivity contribution < 1.29 is 14.7 Å². The van der Waals surface area contributed by atoms with Gasteiger partial charge in [-0.2, -0.15) is 5.10 Å². The Bertz CT molecular complexity index is 1140. The van der Waals surface area contributed by atoms with E-state index in [9.17, 15) is 14.7 Å². The molecule has 1 saturated heterocycles.